The van der Waals surface area contributed by atoms with Crippen LogP contribution in [0.3, 0.4) is 0 Å². The van der Waals surface area contributed by atoms with Gasteiger partial charge in [0.1, 0.15) is 12.0 Å². The second kappa shape index (κ2) is 6.38. The Morgan fingerprint density at radius 1 is 1.12 bits per heavy atom. The van der Waals surface area contributed by atoms with Crippen LogP contribution in [-0.4, -0.2) is 24.5 Å². The third kappa shape index (κ3) is 2.50. The summed E-state index contributed by atoms with van der Waals surface area (Å²) in [6, 6.07) is 0. The normalized spacial score (nSPS) is 14.3. The highest BCUT2D eigenvalue weighted by Crippen LogP contribution is 2.41. The summed E-state index contributed by atoms with van der Waals surface area (Å²) in [5, 5.41) is 1.12. The van der Waals surface area contributed by atoms with Crippen molar-refractivity contribution in [1.29, 1.82) is 0 Å². The highest BCUT2D eigenvalue weighted by molar-refractivity contribution is 6.00. The fraction of sp³-hybridized carbons (Fsp3) is 0.333. The summed E-state index contributed by atoms with van der Waals surface area (Å²) in [4.78, 5) is 17.8. The van der Waals surface area contributed by atoms with Gasteiger partial charge in [0, 0.05) is 29.8 Å². The predicted molar refractivity (Wildman–Crippen MR) is 103 cm³/mol. The maximum Gasteiger partial charge on any atom is 0.204 e. The Bertz CT molecular complexity index is 1080. The number of rotatable bonds is 2. The monoisotopic (exact) mass is 343 g/mol. The molecule has 0 bridgehead atoms. The van der Waals surface area contributed by atoms with Gasteiger partial charge in [0.2, 0.25) is 5.82 Å². The van der Waals surface area contributed by atoms with Crippen LogP contribution in [0.15, 0.2) is 18.6 Å². The molecular formula is C21H21N5. The van der Waals surface area contributed by atoms with E-state index >= 15 is 0 Å². The minimum Gasteiger partial charge on any atom is -0.328 e. The smallest absolute Gasteiger partial charge is 0.204 e. The molecule has 3 heterocycles. The number of hydrogen-bond acceptors (Lipinski definition) is 4. The first-order chi connectivity index (χ1) is 12.6. The van der Waals surface area contributed by atoms with Crippen molar-refractivity contribution in [2.45, 2.75) is 39.5 Å². The third-order valence-corrected chi connectivity index (χ3v) is 5.13. The molecule has 0 radical (unpaired) electrons. The van der Waals surface area contributed by atoms with Crippen molar-refractivity contribution in [3.63, 3.8) is 0 Å². The molecule has 0 unspecified atom stereocenters. The number of allylic oxidation sites excluding steroid dienone is 2. The second-order valence-electron chi connectivity index (χ2n) is 6.75. The summed E-state index contributed by atoms with van der Waals surface area (Å²) in [6.07, 6.45) is 15.9. The van der Waals surface area contributed by atoms with Crippen LogP contribution in [0.1, 0.15) is 48.5 Å². The molecule has 0 fully saturated rings. The summed E-state index contributed by atoms with van der Waals surface area (Å²) in [6.45, 7) is 4.03. The molecule has 0 saturated heterocycles. The van der Waals surface area contributed by atoms with Gasteiger partial charge in [-0.3, -0.25) is 0 Å². The van der Waals surface area contributed by atoms with E-state index in [2.05, 4.69) is 36.5 Å². The lowest BCUT2D eigenvalue weighted by atomic mass is 9.90. The van der Waals surface area contributed by atoms with Crippen LogP contribution in [0.2, 0.25) is 0 Å². The number of aromatic nitrogens is 5. The largest absolute Gasteiger partial charge is 0.328 e. The van der Waals surface area contributed by atoms with Crippen molar-refractivity contribution in [3.05, 3.63) is 41.4 Å². The number of terminal acetylenes is 1. The Hall–Kier alpha value is -3.00. The Balaban J connectivity index is 2.09. The molecular weight excluding hydrogens is 322 g/mol. The molecule has 0 N–H and O–H groups in total. The predicted octanol–water partition coefficient (Wildman–Crippen LogP) is 3.98. The zero-order valence-electron chi connectivity index (χ0n) is 15.4. The van der Waals surface area contributed by atoms with Gasteiger partial charge in [0.05, 0.1) is 17.1 Å². The first-order valence-electron chi connectivity index (χ1n) is 8.91. The van der Waals surface area contributed by atoms with Crippen LogP contribution in [0.5, 0.6) is 0 Å². The van der Waals surface area contributed by atoms with Crippen molar-refractivity contribution in [1.82, 2.24) is 24.5 Å². The van der Waals surface area contributed by atoms with E-state index in [-0.39, 0.29) is 0 Å². The molecule has 0 saturated carbocycles. The lowest BCUT2D eigenvalue weighted by Gasteiger charge is -2.16. The van der Waals surface area contributed by atoms with E-state index in [1.165, 1.54) is 24.0 Å². The van der Waals surface area contributed by atoms with Gasteiger partial charge in [-0.25, -0.2) is 19.9 Å². The third-order valence-electron chi connectivity index (χ3n) is 5.13. The van der Waals surface area contributed by atoms with E-state index in [0.29, 0.717) is 5.82 Å². The minimum atomic E-state index is 0.416. The standard InChI is InChI=1S/C21H21N5/c1-5-17-22-11-16(13(2)25-17)20-19(15-9-7-6-8-10-15)18-14(3)23-12-24-21(18)26(20)4/h1,9,11-12H,6-8,10H2,2-4H3. The average molecular weight is 343 g/mol. The molecule has 5 heteroatoms. The van der Waals surface area contributed by atoms with Crippen molar-refractivity contribution >= 4 is 16.6 Å². The molecule has 0 aromatic carbocycles. The first-order valence-corrected chi connectivity index (χ1v) is 8.91. The first kappa shape index (κ1) is 16.5. The SMILES string of the molecule is C#Cc1ncc(-c2c(C3=CCCCC3)c3c(C)ncnc3n2C)c(C)n1. The van der Waals surface area contributed by atoms with Gasteiger partial charge in [-0.1, -0.05) is 6.08 Å². The van der Waals surface area contributed by atoms with Crippen LogP contribution in [0, 0.1) is 26.2 Å². The quantitative estimate of drug-likeness (QED) is 0.661. The topological polar surface area (TPSA) is 56.5 Å². The fourth-order valence-electron chi connectivity index (χ4n) is 3.86. The molecule has 0 spiro atoms. The van der Waals surface area contributed by atoms with E-state index in [1.807, 2.05) is 27.1 Å². The second-order valence-corrected chi connectivity index (χ2v) is 6.75. The highest BCUT2D eigenvalue weighted by atomic mass is 15.0. The van der Waals surface area contributed by atoms with Crippen LogP contribution in [0.4, 0.5) is 0 Å². The molecule has 3 aromatic rings. The molecule has 4 rings (SSSR count). The Kier molecular flexibility index (Phi) is 4.04. The van der Waals surface area contributed by atoms with E-state index in [9.17, 15) is 0 Å². The van der Waals surface area contributed by atoms with E-state index in [0.717, 1.165) is 46.5 Å². The van der Waals surface area contributed by atoms with Crippen molar-refractivity contribution in [2.75, 3.05) is 0 Å². The number of nitrogens with zero attached hydrogens (tertiary/aromatic N) is 5. The van der Waals surface area contributed by atoms with Gasteiger partial charge in [-0.05, 0) is 51.0 Å². The number of aryl methyl sites for hydroxylation is 3. The number of fused-ring (bicyclic) bond motifs is 1. The van der Waals surface area contributed by atoms with Gasteiger partial charge in [0.15, 0.2) is 0 Å². The molecule has 0 atom stereocenters. The Morgan fingerprint density at radius 2 is 1.96 bits per heavy atom. The maximum absolute atomic E-state index is 5.46. The zero-order chi connectivity index (χ0) is 18.3. The fourth-order valence-corrected chi connectivity index (χ4v) is 3.86. The molecule has 3 aromatic heterocycles. The van der Waals surface area contributed by atoms with Crippen LogP contribution in [-0.2, 0) is 7.05 Å². The Labute approximate surface area is 153 Å². The zero-order valence-corrected chi connectivity index (χ0v) is 15.4. The molecule has 5 nitrogen and oxygen atoms in total. The van der Waals surface area contributed by atoms with Crippen molar-refractivity contribution in [3.8, 4) is 23.6 Å². The lowest BCUT2D eigenvalue weighted by Crippen LogP contribution is -2.02. The summed E-state index contributed by atoms with van der Waals surface area (Å²) in [7, 11) is 2.05. The molecule has 1 aliphatic rings. The van der Waals surface area contributed by atoms with Crippen LogP contribution >= 0.6 is 0 Å². The minimum absolute atomic E-state index is 0.416. The van der Waals surface area contributed by atoms with Crippen LogP contribution in [0.25, 0.3) is 27.9 Å². The van der Waals surface area contributed by atoms with Crippen LogP contribution < -0.4 is 0 Å². The van der Waals surface area contributed by atoms with E-state index in [4.69, 9.17) is 6.42 Å². The van der Waals surface area contributed by atoms with Gasteiger partial charge >= 0.3 is 0 Å². The van der Waals surface area contributed by atoms with Gasteiger partial charge < -0.3 is 4.57 Å². The Morgan fingerprint density at radius 3 is 2.65 bits per heavy atom. The average Bonchev–Trinajstić information content (AvgIpc) is 2.96. The molecule has 0 amide bonds. The number of hydrogen-bond donors (Lipinski definition) is 0. The highest BCUT2D eigenvalue weighted by Gasteiger charge is 2.24. The van der Waals surface area contributed by atoms with Crippen molar-refractivity contribution in [2.24, 2.45) is 7.05 Å². The van der Waals surface area contributed by atoms with Gasteiger partial charge in [-0.15, -0.1) is 6.42 Å². The summed E-state index contributed by atoms with van der Waals surface area (Å²) in [5.74, 6) is 2.93. The van der Waals surface area contributed by atoms with E-state index in [1.54, 1.807) is 6.33 Å². The van der Waals surface area contributed by atoms with Crippen molar-refractivity contribution < 1.29 is 0 Å². The molecule has 130 valence electrons. The lowest BCUT2D eigenvalue weighted by molar-refractivity contribution is 0.742. The summed E-state index contributed by atoms with van der Waals surface area (Å²) >= 11 is 0. The molecule has 26 heavy (non-hydrogen) atoms. The summed E-state index contributed by atoms with van der Waals surface area (Å²) in [5.41, 5.74) is 7.49. The van der Waals surface area contributed by atoms with Gasteiger partial charge in [0.25, 0.3) is 0 Å². The van der Waals surface area contributed by atoms with E-state index < -0.39 is 0 Å². The molecule has 0 aliphatic heterocycles. The van der Waals surface area contributed by atoms with Gasteiger partial charge in [-0.2, -0.15) is 0 Å². The molecule has 1 aliphatic carbocycles. The summed E-state index contributed by atoms with van der Waals surface area (Å²) < 4.78 is 2.13. The maximum atomic E-state index is 5.46.